The molecule has 0 bridgehead atoms. The van der Waals surface area contributed by atoms with Crippen LogP contribution < -0.4 is 19.6 Å². The molecule has 648 valence electrons. The minimum absolute atomic E-state index is 0.0136. The fourth-order valence-electron chi connectivity index (χ4n) is 17.0. The second-order valence-corrected chi connectivity index (χ2v) is 38.8. The quantitative estimate of drug-likeness (QED) is 0.0831. The lowest BCUT2D eigenvalue weighted by Crippen LogP contribution is -2.56. The van der Waals surface area contributed by atoms with Crippen molar-refractivity contribution in [3.8, 4) is 0 Å². The fraction of sp³-hybridized carbons (Fsp3) is 0.356. The number of aryl methyl sites for hydroxylation is 2. The molecule has 6 fully saturated rings. The molecule has 0 unspecified atom stereocenters. The molecule has 1 saturated carbocycles. The van der Waals surface area contributed by atoms with Crippen LogP contribution in [0.5, 0.6) is 0 Å². The summed E-state index contributed by atoms with van der Waals surface area (Å²) in [5, 5.41) is 0.310. The smallest absolute Gasteiger partial charge is 0.378 e. The van der Waals surface area contributed by atoms with Crippen molar-refractivity contribution >= 4 is 118 Å². The van der Waals surface area contributed by atoms with E-state index in [0.717, 1.165) is 135 Å². The number of benzene rings is 8. The van der Waals surface area contributed by atoms with Crippen molar-refractivity contribution in [1.29, 1.82) is 0 Å². The van der Waals surface area contributed by atoms with Gasteiger partial charge >= 0.3 is 12.4 Å². The van der Waals surface area contributed by atoms with E-state index in [1.54, 1.807) is 105 Å². The molecule has 5 aliphatic heterocycles. The molecule has 9 heterocycles. The Morgan fingerprint density at radius 1 is 0.369 bits per heavy atom. The summed E-state index contributed by atoms with van der Waals surface area (Å²) in [6, 6.07) is 43.8. The van der Waals surface area contributed by atoms with E-state index in [-0.39, 0.29) is 58.2 Å². The number of hydrogen-bond donors (Lipinski definition) is 0. The van der Waals surface area contributed by atoms with E-state index in [0.29, 0.717) is 111 Å². The average molecular weight is 1790 g/mol. The molecular formula is C87H88ClF11N10O9S4. The number of aromatic nitrogens is 4. The molecule has 6 aliphatic rings. The summed E-state index contributed by atoms with van der Waals surface area (Å²) in [5.41, 5.74) is 1.57. The maximum absolute atomic E-state index is 14.2. The Hall–Kier alpha value is -9.68. The summed E-state index contributed by atoms with van der Waals surface area (Å²) in [4.78, 5) is 12.1. The average Bonchev–Trinajstić information content (AvgIpc) is 1.60. The maximum Gasteiger partial charge on any atom is 0.418 e. The molecule has 5 saturated heterocycles. The molecule has 0 amide bonds. The number of rotatable bonds is 16. The van der Waals surface area contributed by atoms with Crippen LogP contribution in [-0.4, -0.2) is 163 Å². The largest absolute Gasteiger partial charge is 0.418 e. The maximum atomic E-state index is 14.2. The molecule has 122 heavy (non-hydrogen) atoms. The molecule has 8 aromatic carbocycles. The number of fused-ring (bicyclic) bond motifs is 4. The van der Waals surface area contributed by atoms with Crippen LogP contribution in [0, 0.1) is 19.7 Å². The van der Waals surface area contributed by atoms with Gasteiger partial charge in [0.25, 0.3) is 52.9 Å². The molecule has 18 rings (SSSR count). The number of anilines is 4. The molecule has 1 aliphatic carbocycles. The Kier molecular flexibility index (Phi) is 25.1. The second kappa shape index (κ2) is 35.2. The first kappa shape index (κ1) is 87.2. The van der Waals surface area contributed by atoms with Gasteiger partial charge in [-0.1, -0.05) is 90.8 Å². The summed E-state index contributed by atoms with van der Waals surface area (Å²) < 4.78 is 268. The number of alkyl halides is 10. The number of nitrogens with zero attached hydrogens (tertiary/aromatic N) is 10. The van der Waals surface area contributed by atoms with E-state index in [2.05, 4.69) is 19.6 Å². The van der Waals surface area contributed by atoms with Crippen LogP contribution in [0.4, 0.5) is 71.0 Å². The van der Waals surface area contributed by atoms with Crippen LogP contribution in [0.25, 0.3) is 43.6 Å². The van der Waals surface area contributed by atoms with Gasteiger partial charge in [0.15, 0.2) is 0 Å². The zero-order valence-corrected chi connectivity index (χ0v) is 70.4. The zero-order valence-electron chi connectivity index (χ0n) is 66.4. The van der Waals surface area contributed by atoms with Crippen molar-refractivity contribution < 1.29 is 86.7 Å². The zero-order chi connectivity index (χ0) is 86.5. The molecule has 0 N–H and O–H groups in total. The highest BCUT2D eigenvalue weighted by Gasteiger charge is 2.42. The lowest BCUT2D eigenvalue weighted by molar-refractivity contribution is -0.137. The van der Waals surface area contributed by atoms with Gasteiger partial charge in [-0.15, -0.1) is 0 Å². The first-order chi connectivity index (χ1) is 58.1. The van der Waals surface area contributed by atoms with Crippen LogP contribution in [0.15, 0.2) is 214 Å². The highest BCUT2D eigenvalue weighted by Crippen LogP contribution is 2.47. The third-order valence-electron chi connectivity index (χ3n) is 23.5. The van der Waals surface area contributed by atoms with Gasteiger partial charge < -0.3 is 24.3 Å². The van der Waals surface area contributed by atoms with Crippen molar-refractivity contribution in [2.45, 2.75) is 129 Å². The number of piperidine rings is 2. The van der Waals surface area contributed by atoms with Gasteiger partial charge in [0, 0.05) is 165 Å². The number of piperazine rings is 2. The standard InChI is InChI=1S/C24H27F2N3O2S.C23H25F2N3O3S.C20H18ClF3N2O2S.C20H18F4N2O2S/c1-17-5-2-8-19(15-17)32(30,31)29-16-20(24(25)26)23-21(9-4-10-22(23)29)28-13-11-27(12-14-28)18-6-3-7-18;1-16-4-2-5-18(12-16)32(29,30)28-13-19(23(24)25)22-20(6-3-7-21(22)28)27-10-8-26(9-11-27)17-14-31-15-17;2*21-15-7-2-3-10-18(15)29(27,28)26-13-14(20(22,23)24)19-16(8-6-9-17(19)26)25-11-4-1-5-12-25/h2,4-5,8-10,15-16,18,24H,3,6-7,11-14H2,1H3;2-7,12-13,17,23H,8-11,14-15H2,1H3;2*2-3,6-10,13H,1,4-5,11-12H2. The Morgan fingerprint density at radius 2 is 0.713 bits per heavy atom. The summed E-state index contributed by atoms with van der Waals surface area (Å²) >= 11 is 6.04. The van der Waals surface area contributed by atoms with Gasteiger partial charge in [-0.2, -0.15) is 26.3 Å². The van der Waals surface area contributed by atoms with Gasteiger partial charge in [0.2, 0.25) is 0 Å². The molecular weight excluding hydrogens is 1700 g/mol. The number of hydrogen-bond acceptors (Lipinski definition) is 15. The van der Waals surface area contributed by atoms with Crippen LogP contribution in [-0.2, 0) is 57.2 Å². The summed E-state index contributed by atoms with van der Waals surface area (Å²) in [6.45, 7) is 13.8. The molecule has 0 spiro atoms. The van der Waals surface area contributed by atoms with Crippen molar-refractivity contribution in [2.75, 3.05) is 111 Å². The lowest BCUT2D eigenvalue weighted by atomic mass is 9.91. The van der Waals surface area contributed by atoms with Crippen LogP contribution in [0.3, 0.4) is 0 Å². The summed E-state index contributed by atoms with van der Waals surface area (Å²) in [7, 11) is -16.9. The van der Waals surface area contributed by atoms with Crippen molar-refractivity contribution in [3.05, 3.63) is 239 Å². The molecule has 19 nitrogen and oxygen atoms in total. The van der Waals surface area contributed by atoms with E-state index in [9.17, 15) is 82.0 Å². The fourth-order valence-corrected chi connectivity index (χ4v) is 23.3. The monoisotopic (exact) mass is 1790 g/mol. The predicted molar refractivity (Wildman–Crippen MR) is 450 cm³/mol. The first-order valence-electron chi connectivity index (χ1n) is 40.1. The Labute approximate surface area is 704 Å². The SMILES string of the molecule is Cc1cccc(S(=O)(=O)n2cc(C(F)F)c3c(N4CCN(C5CCC5)CC4)cccc32)c1.Cc1cccc(S(=O)(=O)n2cc(C(F)F)c3c(N4CCN(C5COC5)CC4)cccc32)c1.O=S(=O)(c1ccccc1Cl)n1cc(C(F)(F)F)c2c(N3CCCCC3)cccc21.O=S(=O)(c1ccccc1F)n1cc(C(F)(F)F)c2c(N3CCCCC3)cccc21. The second-order valence-electron chi connectivity index (χ2n) is 31.2. The van der Waals surface area contributed by atoms with Crippen LogP contribution >= 0.6 is 11.6 Å². The first-order valence-corrected chi connectivity index (χ1v) is 46.3. The van der Waals surface area contributed by atoms with E-state index >= 15 is 0 Å². The van der Waals surface area contributed by atoms with E-state index < -0.39 is 87.1 Å². The summed E-state index contributed by atoms with van der Waals surface area (Å²) in [5.74, 6) is -1.02. The molecule has 35 heteroatoms. The van der Waals surface area contributed by atoms with Gasteiger partial charge in [0.1, 0.15) is 15.6 Å². The predicted octanol–water partition coefficient (Wildman–Crippen LogP) is 19.0. The van der Waals surface area contributed by atoms with E-state index in [1.165, 1.54) is 79.9 Å². The molecule has 4 aromatic heterocycles. The highest BCUT2D eigenvalue weighted by molar-refractivity contribution is 7.91. The summed E-state index contributed by atoms with van der Waals surface area (Å²) in [6.07, 6.45) is -2.36. The third kappa shape index (κ3) is 17.3. The van der Waals surface area contributed by atoms with Crippen LogP contribution in [0.2, 0.25) is 5.02 Å². The normalized spacial score (nSPS) is 17.2. The lowest BCUT2D eigenvalue weighted by Gasteiger charge is -2.43. The van der Waals surface area contributed by atoms with Gasteiger partial charge in [0.05, 0.1) is 67.3 Å². The Morgan fingerprint density at radius 3 is 1.07 bits per heavy atom. The minimum Gasteiger partial charge on any atom is -0.378 e. The highest BCUT2D eigenvalue weighted by atomic mass is 35.5. The van der Waals surface area contributed by atoms with Crippen molar-refractivity contribution in [1.82, 2.24) is 25.7 Å². The topological polar surface area (TPSA) is 185 Å². The molecule has 0 radical (unpaired) electrons. The third-order valence-corrected chi connectivity index (χ3v) is 30.7. The van der Waals surface area contributed by atoms with E-state index in [1.807, 2.05) is 15.9 Å². The van der Waals surface area contributed by atoms with Gasteiger partial charge in [-0.25, -0.2) is 71.5 Å². The minimum atomic E-state index is -4.76. The Balaban J connectivity index is 0.000000126. The molecule has 12 aromatic rings. The van der Waals surface area contributed by atoms with Crippen molar-refractivity contribution in [2.24, 2.45) is 0 Å². The van der Waals surface area contributed by atoms with E-state index in [4.69, 9.17) is 16.3 Å². The molecule has 0 atom stereocenters. The number of halogens is 12. The van der Waals surface area contributed by atoms with Gasteiger partial charge in [-0.05, 0) is 173 Å². The Bertz CT molecular complexity index is 5970. The van der Waals surface area contributed by atoms with Crippen LogP contribution in [0.1, 0.15) is 104 Å². The van der Waals surface area contributed by atoms with Crippen molar-refractivity contribution in [3.63, 3.8) is 0 Å². The van der Waals surface area contributed by atoms with Gasteiger partial charge in [-0.3, -0.25) is 9.80 Å². The number of ether oxygens (including phenoxy) is 1.